The summed E-state index contributed by atoms with van der Waals surface area (Å²) in [7, 11) is 4.60. The number of ether oxygens (including phenoxy) is 3. The van der Waals surface area contributed by atoms with Crippen molar-refractivity contribution >= 4 is 28.5 Å². The van der Waals surface area contributed by atoms with Crippen LogP contribution in [0.1, 0.15) is 36.1 Å². The number of aryl methyl sites for hydroxylation is 1. The van der Waals surface area contributed by atoms with E-state index in [4.69, 9.17) is 14.2 Å². The highest BCUT2D eigenvalue weighted by molar-refractivity contribution is 5.86. The Morgan fingerprint density at radius 3 is 2.50 bits per heavy atom. The molecule has 10 nitrogen and oxygen atoms in total. The Kier molecular flexibility index (Phi) is 8.06. The molecule has 218 valence electrons. The summed E-state index contributed by atoms with van der Waals surface area (Å²) < 4.78 is 17.0. The van der Waals surface area contributed by atoms with Crippen LogP contribution in [0.15, 0.2) is 59.5 Å². The lowest BCUT2D eigenvalue weighted by Gasteiger charge is -2.19. The molecule has 1 aromatic heterocycles. The number of para-hydroxylation sites is 1. The van der Waals surface area contributed by atoms with E-state index < -0.39 is 23.5 Å². The topological polar surface area (TPSA) is 139 Å². The van der Waals surface area contributed by atoms with E-state index >= 15 is 0 Å². The molecular weight excluding hydrogens is 538 g/mol. The third kappa shape index (κ3) is 5.35. The number of amides is 1. The number of H-pyrrole nitrogens is 1. The summed E-state index contributed by atoms with van der Waals surface area (Å²) in [4.78, 5) is 41.3. The van der Waals surface area contributed by atoms with Gasteiger partial charge in [0.25, 0.3) is 0 Å². The first-order valence-electron chi connectivity index (χ1n) is 13.6. The van der Waals surface area contributed by atoms with Crippen molar-refractivity contribution in [2.24, 2.45) is 0 Å². The minimum atomic E-state index is -1.09. The van der Waals surface area contributed by atoms with E-state index in [0.29, 0.717) is 46.8 Å². The van der Waals surface area contributed by atoms with Crippen LogP contribution in [0.3, 0.4) is 0 Å². The number of aromatic amines is 1. The number of carbonyl (C=O) groups excluding carboxylic acids is 1. The average molecular weight is 572 g/mol. The second kappa shape index (κ2) is 11.9. The van der Waals surface area contributed by atoms with Gasteiger partial charge < -0.3 is 34.9 Å². The molecule has 10 heteroatoms. The van der Waals surface area contributed by atoms with Crippen molar-refractivity contribution in [2.45, 2.75) is 38.3 Å². The van der Waals surface area contributed by atoms with Crippen molar-refractivity contribution in [3.63, 3.8) is 0 Å². The van der Waals surface area contributed by atoms with Crippen LogP contribution >= 0.6 is 0 Å². The largest absolute Gasteiger partial charge is 0.493 e. The molecule has 0 saturated heterocycles. The van der Waals surface area contributed by atoms with Crippen molar-refractivity contribution in [3.05, 3.63) is 81.6 Å². The number of anilines is 1. The lowest BCUT2D eigenvalue weighted by Crippen LogP contribution is -2.33. The Morgan fingerprint density at radius 2 is 1.81 bits per heavy atom. The lowest BCUT2D eigenvalue weighted by molar-refractivity contribution is -0.137. The number of carboxylic acid groups (broad SMARTS) is 1. The summed E-state index contributed by atoms with van der Waals surface area (Å²) in [6, 6.07) is 12.8. The fourth-order valence-electron chi connectivity index (χ4n) is 5.74. The monoisotopic (exact) mass is 571 g/mol. The highest BCUT2D eigenvalue weighted by atomic mass is 16.5. The number of aliphatic carboxylic acids is 1. The SMILES string of the molecule is COc1cc2c(c(OC)c1OC)-c1ccc(N[C@@H](Cc3c[nH]c4ccccc34)C(=O)O)c(=O)cc1[C@@H](NC(C)=O)CC2. The van der Waals surface area contributed by atoms with Crippen LogP contribution in [-0.4, -0.2) is 49.3 Å². The van der Waals surface area contributed by atoms with Crippen molar-refractivity contribution in [1.82, 2.24) is 10.3 Å². The van der Waals surface area contributed by atoms with E-state index in [1.165, 1.54) is 27.2 Å². The van der Waals surface area contributed by atoms with E-state index in [-0.39, 0.29) is 18.0 Å². The molecule has 4 N–H and O–H groups in total. The first-order chi connectivity index (χ1) is 20.2. The first kappa shape index (κ1) is 28.5. The van der Waals surface area contributed by atoms with E-state index in [9.17, 15) is 19.5 Å². The fourth-order valence-corrected chi connectivity index (χ4v) is 5.74. The Morgan fingerprint density at radius 1 is 1.05 bits per heavy atom. The van der Waals surface area contributed by atoms with E-state index in [1.807, 2.05) is 30.3 Å². The molecule has 0 bridgehead atoms. The molecule has 1 heterocycles. The summed E-state index contributed by atoms with van der Waals surface area (Å²) in [6.07, 6.45) is 3.03. The number of carbonyl (C=O) groups is 2. The van der Waals surface area contributed by atoms with Crippen molar-refractivity contribution < 1.29 is 28.9 Å². The summed E-state index contributed by atoms with van der Waals surface area (Å²) >= 11 is 0. The smallest absolute Gasteiger partial charge is 0.326 e. The molecule has 1 aliphatic carbocycles. The van der Waals surface area contributed by atoms with Crippen LogP contribution in [0.4, 0.5) is 5.69 Å². The van der Waals surface area contributed by atoms with Crippen molar-refractivity contribution in [3.8, 4) is 28.4 Å². The first-order valence-corrected chi connectivity index (χ1v) is 13.6. The van der Waals surface area contributed by atoms with Crippen LogP contribution in [0.5, 0.6) is 17.2 Å². The molecule has 2 atom stereocenters. The second-order valence-corrected chi connectivity index (χ2v) is 10.2. The minimum absolute atomic E-state index is 0.123. The minimum Gasteiger partial charge on any atom is -0.493 e. The Bertz CT molecular complexity index is 1730. The van der Waals surface area contributed by atoms with Gasteiger partial charge in [0.15, 0.2) is 11.5 Å². The number of rotatable bonds is 9. The average Bonchev–Trinajstić information content (AvgIpc) is 3.24. The third-order valence-corrected chi connectivity index (χ3v) is 7.64. The van der Waals surface area contributed by atoms with Gasteiger partial charge in [-0.1, -0.05) is 24.3 Å². The molecule has 0 radical (unpaired) electrons. The quantitative estimate of drug-likeness (QED) is 0.231. The van der Waals surface area contributed by atoms with Gasteiger partial charge in [-0.2, -0.15) is 0 Å². The number of aromatic nitrogens is 1. The molecule has 1 aliphatic rings. The molecule has 0 aliphatic heterocycles. The zero-order chi connectivity index (χ0) is 30.0. The maximum Gasteiger partial charge on any atom is 0.326 e. The van der Waals surface area contributed by atoms with Gasteiger partial charge in [-0.25, -0.2) is 4.79 Å². The Balaban J connectivity index is 1.64. The standard InChI is InChI=1S/C32H33N3O7/c1-17(36)34-24-11-9-18-14-28(40-2)30(41-3)31(42-4)29(18)21-10-12-25(27(37)15-22(21)24)35-26(32(38)39)13-19-16-33-23-8-6-5-7-20(19)23/h5-8,10,12,14-16,24,26,33H,9,11,13H2,1-4H3,(H,34,36)(H,35,37)(H,38,39)/t24-,26-/m0/s1. The predicted octanol–water partition coefficient (Wildman–Crippen LogP) is 4.45. The molecule has 5 rings (SSSR count). The summed E-state index contributed by atoms with van der Waals surface area (Å²) in [6.45, 7) is 1.43. The number of hydrogen-bond acceptors (Lipinski definition) is 7. The predicted molar refractivity (Wildman–Crippen MR) is 160 cm³/mol. The van der Waals surface area contributed by atoms with Crippen LogP contribution < -0.4 is 30.3 Å². The number of fused-ring (bicyclic) bond motifs is 4. The van der Waals surface area contributed by atoms with Crippen molar-refractivity contribution in [1.29, 1.82) is 0 Å². The van der Waals surface area contributed by atoms with Crippen LogP contribution in [0.2, 0.25) is 0 Å². The molecule has 0 fully saturated rings. The molecule has 3 aromatic carbocycles. The maximum atomic E-state index is 13.6. The summed E-state index contributed by atoms with van der Waals surface area (Å²) in [5.74, 6) is 0.0159. The molecule has 0 spiro atoms. The summed E-state index contributed by atoms with van der Waals surface area (Å²) in [5, 5.41) is 17.0. The van der Waals surface area contributed by atoms with Gasteiger partial charge in [0.1, 0.15) is 6.04 Å². The van der Waals surface area contributed by atoms with E-state index in [0.717, 1.165) is 22.0 Å². The highest BCUT2D eigenvalue weighted by Gasteiger charge is 2.30. The Labute approximate surface area is 242 Å². The van der Waals surface area contributed by atoms with E-state index in [2.05, 4.69) is 15.6 Å². The molecule has 0 unspecified atom stereocenters. The van der Waals surface area contributed by atoms with Gasteiger partial charge in [-0.15, -0.1) is 0 Å². The summed E-state index contributed by atoms with van der Waals surface area (Å²) in [5.41, 5.74) is 4.31. The van der Waals surface area contributed by atoms with Gasteiger partial charge in [0.2, 0.25) is 17.1 Å². The lowest BCUT2D eigenvalue weighted by atomic mass is 9.95. The molecule has 4 aromatic rings. The highest BCUT2D eigenvalue weighted by Crippen LogP contribution is 2.50. The molecular formula is C32H33N3O7. The number of carboxylic acids is 1. The molecule has 1 amide bonds. The maximum absolute atomic E-state index is 13.6. The van der Waals surface area contributed by atoms with Gasteiger partial charge >= 0.3 is 5.97 Å². The fraction of sp³-hybridized carbons (Fsp3) is 0.281. The second-order valence-electron chi connectivity index (χ2n) is 10.2. The third-order valence-electron chi connectivity index (χ3n) is 7.64. The molecule has 42 heavy (non-hydrogen) atoms. The van der Waals surface area contributed by atoms with Gasteiger partial charge in [-0.3, -0.25) is 9.59 Å². The van der Waals surface area contributed by atoms with Gasteiger partial charge in [0, 0.05) is 36.0 Å². The van der Waals surface area contributed by atoms with Crippen LogP contribution in [0.25, 0.3) is 22.0 Å². The van der Waals surface area contributed by atoms with Crippen molar-refractivity contribution in [2.75, 3.05) is 26.6 Å². The van der Waals surface area contributed by atoms with Crippen LogP contribution in [0, 0.1) is 0 Å². The zero-order valence-electron chi connectivity index (χ0n) is 23.9. The van der Waals surface area contributed by atoms with E-state index in [1.54, 1.807) is 25.4 Å². The van der Waals surface area contributed by atoms with Gasteiger partial charge in [0.05, 0.1) is 33.1 Å². The number of hydrogen-bond donors (Lipinski definition) is 4. The normalized spacial score (nSPS) is 14.6. The number of nitrogens with one attached hydrogen (secondary N) is 3. The number of benzene rings is 2. The molecule has 0 saturated carbocycles. The van der Waals surface area contributed by atoms with Gasteiger partial charge in [-0.05, 0) is 59.4 Å². The zero-order valence-corrected chi connectivity index (χ0v) is 23.9. The Hall–Kier alpha value is -4.99. The number of methoxy groups -OCH3 is 3. The van der Waals surface area contributed by atoms with Crippen LogP contribution in [-0.2, 0) is 22.4 Å².